The minimum absolute atomic E-state index is 0.0796. The molecule has 0 aliphatic carbocycles. The Morgan fingerprint density at radius 2 is 2.06 bits per heavy atom. The van der Waals surface area contributed by atoms with Crippen molar-refractivity contribution in [3.63, 3.8) is 0 Å². The molecule has 4 heteroatoms. The first kappa shape index (κ1) is 15.4. The highest BCUT2D eigenvalue weighted by atomic mass is 16.5. The zero-order valence-electron chi connectivity index (χ0n) is 12.1. The number of rotatable bonds is 6. The summed E-state index contributed by atoms with van der Waals surface area (Å²) in [6, 6.07) is 0. The number of amides is 1. The molecule has 1 unspecified atom stereocenters. The third-order valence-corrected chi connectivity index (χ3v) is 3.07. The van der Waals surface area contributed by atoms with Crippen LogP contribution in [-0.4, -0.2) is 37.2 Å². The van der Waals surface area contributed by atoms with Gasteiger partial charge in [-0.15, -0.1) is 0 Å². The minimum Gasteiger partial charge on any atom is -0.378 e. The lowest BCUT2D eigenvalue weighted by Gasteiger charge is -2.22. The van der Waals surface area contributed by atoms with Gasteiger partial charge in [0.15, 0.2) is 0 Å². The Kier molecular flexibility index (Phi) is 6.65. The van der Waals surface area contributed by atoms with Gasteiger partial charge >= 0.3 is 0 Å². The Morgan fingerprint density at radius 1 is 1.28 bits per heavy atom. The molecule has 1 heterocycles. The standard InChI is InChI=1S/C14H28N2O2/c1-14(2,3)16-10-8-13(17)15-9-7-12-6-4-5-11-18-12/h12,16H,4-11H2,1-3H3,(H,15,17). The van der Waals surface area contributed by atoms with Crippen LogP contribution in [0, 0.1) is 0 Å². The minimum atomic E-state index is 0.0796. The molecule has 1 saturated heterocycles. The molecule has 106 valence electrons. The number of hydrogen-bond donors (Lipinski definition) is 2. The summed E-state index contributed by atoms with van der Waals surface area (Å²) in [6.45, 7) is 8.66. The van der Waals surface area contributed by atoms with Gasteiger partial charge in [-0.3, -0.25) is 4.79 Å². The molecule has 0 aromatic carbocycles. The van der Waals surface area contributed by atoms with Gasteiger partial charge in [0.25, 0.3) is 0 Å². The van der Waals surface area contributed by atoms with Crippen molar-refractivity contribution in [3.05, 3.63) is 0 Å². The molecule has 0 radical (unpaired) electrons. The summed E-state index contributed by atoms with van der Waals surface area (Å²) in [4.78, 5) is 11.6. The molecule has 0 aromatic heterocycles. The van der Waals surface area contributed by atoms with Crippen LogP contribution in [-0.2, 0) is 9.53 Å². The monoisotopic (exact) mass is 256 g/mol. The van der Waals surface area contributed by atoms with Crippen molar-refractivity contribution in [1.82, 2.24) is 10.6 Å². The van der Waals surface area contributed by atoms with E-state index in [-0.39, 0.29) is 11.4 Å². The van der Waals surface area contributed by atoms with E-state index in [9.17, 15) is 4.79 Å². The molecule has 2 N–H and O–H groups in total. The summed E-state index contributed by atoms with van der Waals surface area (Å²) in [5.74, 6) is 0.127. The van der Waals surface area contributed by atoms with E-state index >= 15 is 0 Å². The molecule has 0 saturated carbocycles. The first-order valence-corrected chi connectivity index (χ1v) is 7.11. The van der Waals surface area contributed by atoms with Crippen molar-refractivity contribution < 1.29 is 9.53 Å². The second-order valence-electron chi connectivity index (χ2n) is 6.05. The van der Waals surface area contributed by atoms with Crippen LogP contribution in [0.25, 0.3) is 0 Å². The van der Waals surface area contributed by atoms with Gasteiger partial charge in [-0.1, -0.05) is 0 Å². The van der Waals surface area contributed by atoms with Crippen molar-refractivity contribution in [2.24, 2.45) is 0 Å². The van der Waals surface area contributed by atoms with Gasteiger partial charge in [-0.25, -0.2) is 0 Å². The van der Waals surface area contributed by atoms with Crippen molar-refractivity contribution in [2.45, 2.75) is 64.5 Å². The van der Waals surface area contributed by atoms with Crippen LogP contribution in [0.1, 0.15) is 52.9 Å². The molecule has 18 heavy (non-hydrogen) atoms. The zero-order chi connectivity index (χ0) is 13.4. The van der Waals surface area contributed by atoms with Crippen molar-refractivity contribution >= 4 is 5.91 Å². The van der Waals surface area contributed by atoms with Crippen LogP contribution in [0.3, 0.4) is 0 Å². The number of carbonyl (C=O) groups excluding carboxylic acids is 1. The molecule has 0 aromatic rings. The molecule has 1 rings (SSSR count). The topological polar surface area (TPSA) is 50.4 Å². The Hall–Kier alpha value is -0.610. The predicted molar refractivity (Wildman–Crippen MR) is 73.6 cm³/mol. The van der Waals surface area contributed by atoms with Crippen LogP contribution in [0.2, 0.25) is 0 Å². The Labute approximate surface area is 111 Å². The van der Waals surface area contributed by atoms with E-state index in [0.29, 0.717) is 12.5 Å². The van der Waals surface area contributed by atoms with Crippen LogP contribution in [0.5, 0.6) is 0 Å². The maximum Gasteiger partial charge on any atom is 0.221 e. The normalized spacial score (nSPS) is 20.7. The zero-order valence-corrected chi connectivity index (χ0v) is 12.1. The maximum absolute atomic E-state index is 11.6. The van der Waals surface area contributed by atoms with Crippen LogP contribution >= 0.6 is 0 Å². The second kappa shape index (κ2) is 7.74. The molecule has 4 nitrogen and oxygen atoms in total. The van der Waals surface area contributed by atoms with E-state index in [1.54, 1.807) is 0 Å². The fourth-order valence-electron chi connectivity index (χ4n) is 2.05. The molecular formula is C14H28N2O2. The van der Waals surface area contributed by atoms with E-state index < -0.39 is 0 Å². The lowest BCUT2D eigenvalue weighted by molar-refractivity contribution is -0.121. The molecule has 1 amide bonds. The van der Waals surface area contributed by atoms with Crippen molar-refractivity contribution in [1.29, 1.82) is 0 Å². The number of carbonyl (C=O) groups is 1. The van der Waals surface area contributed by atoms with E-state index in [1.807, 2.05) is 0 Å². The van der Waals surface area contributed by atoms with E-state index in [4.69, 9.17) is 4.74 Å². The average Bonchev–Trinajstić information content (AvgIpc) is 2.28. The Morgan fingerprint density at radius 3 is 2.67 bits per heavy atom. The average molecular weight is 256 g/mol. The van der Waals surface area contributed by atoms with Crippen LogP contribution in [0.4, 0.5) is 0 Å². The van der Waals surface area contributed by atoms with E-state index in [2.05, 4.69) is 31.4 Å². The predicted octanol–water partition coefficient (Wildman–Crippen LogP) is 1.84. The molecule has 1 fully saturated rings. The molecular weight excluding hydrogens is 228 g/mol. The summed E-state index contributed by atoms with van der Waals surface area (Å²) in [6.07, 6.45) is 5.42. The van der Waals surface area contributed by atoms with Gasteiger partial charge in [0, 0.05) is 31.7 Å². The number of ether oxygens (including phenoxy) is 1. The number of hydrogen-bond acceptors (Lipinski definition) is 3. The largest absolute Gasteiger partial charge is 0.378 e. The van der Waals surface area contributed by atoms with Gasteiger partial charge in [0.05, 0.1) is 6.10 Å². The fourth-order valence-corrected chi connectivity index (χ4v) is 2.05. The second-order valence-corrected chi connectivity index (χ2v) is 6.05. The molecule has 0 bridgehead atoms. The van der Waals surface area contributed by atoms with Crippen molar-refractivity contribution in [2.75, 3.05) is 19.7 Å². The molecule has 0 spiro atoms. The maximum atomic E-state index is 11.6. The Balaban J connectivity index is 1.99. The summed E-state index contributed by atoms with van der Waals surface area (Å²) in [5, 5.41) is 6.26. The summed E-state index contributed by atoms with van der Waals surface area (Å²) in [5.41, 5.74) is 0.0796. The lowest BCUT2D eigenvalue weighted by Crippen LogP contribution is -2.39. The molecule has 1 atom stereocenters. The first-order chi connectivity index (χ1) is 8.47. The van der Waals surface area contributed by atoms with Gasteiger partial charge in [0.1, 0.15) is 0 Å². The number of nitrogens with one attached hydrogen (secondary N) is 2. The van der Waals surface area contributed by atoms with Crippen molar-refractivity contribution in [3.8, 4) is 0 Å². The lowest BCUT2D eigenvalue weighted by atomic mass is 10.1. The van der Waals surface area contributed by atoms with E-state index in [0.717, 1.165) is 32.5 Å². The van der Waals surface area contributed by atoms with Gasteiger partial charge in [0.2, 0.25) is 5.91 Å². The highest BCUT2D eigenvalue weighted by Gasteiger charge is 2.14. The molecule has 1 aliphatic rings. The van der Waals surface area contributed by atoms with Gasteiger partial charge in [-0.2, -0.15) is 0 Å². The summed E-state index contributed by atoms with van der Waals surface area (Å²) >= 11 is 0. The molecule has 1 aliphatic heterocycles. The summed E-state index contributed by atoms with van der Waals surface area (Å²) in [7, 11) is 0. The van der Waals surface area contributed by atoms with E-state index in [1.165, 1.54) is 12.8 Å². The highest BCUT2D eigenvalue weighted by Crippen LogP contribution is 2.14. The Bertz CT molecular complexity index is 243. The third kappa shape index (κ3) is 7.67. The smallest absolute Gasteiger partial charge is 0.221 e. The van der Waals surface area contributed by atoms with Crippen LogP contribution in [0.15, 0.2) is 0 Å². The van der Waals surface area contributed by atoms with Crippen LogP contribution < -0.4 is 10.6 Å². The fraction of sp³-hybridized carbons (Fsp3) is 0.929. The SMILES string of the molecule is CC(C)(C)NCCC(=O)NCCC1CCCCO1. The summed E-state index contributed by atoms with van der Waals surface area (Å²) < 4.78 is 5.62. The van der Waals surface area contributed by atoms with Gasteiger partial charge < -0.3 is 15.4 Å². The third-order valence-electron chi connectivity index (χ3n) is 3.07. The highest BCUT2D eigenvalue weighted by molar-refractivity contribution is 5.76. The van der Waals surface area contributed by atoms with Gasteiger partial charge in [-0.05, 0) is 46.5 Å². The first-order valence-electron chi connectivity index (χ1n) is 7.11. The quantitative estimate of drug-likeness (QED) is 0.762.